The number of urea groups is 1. The lowest BCUT2D eigenvalue weighted by Crippen LogP contribution is -2.55. The van der Waals surface area contributed by atoms with Crippen molar-refractivity contribution < 1.29 is 23.1 Å². The molecule has 138 valence electrons. The number of benzene rings is 2. The van der Waals surface area contributed by atoms with Gasteiger partial charge < -0.3 is 15.3 Å². The quantitative estimate of drug-likeness (QED) is 0.877. The fraction of sp³-hybridized carbons (Fsp3) is 0.316. The fourth-order valence-corrected chi connectivity index (χ4v) is 2.89. The lowest BCUT2D eigenvalue weighted by Gasteiger charge is -2.35. The molecule has 2 aromatic carbocycles. The Morgan fingerprint density at radius 1 is 1.19 bits per heavy atom. The standard InChI is InChI=1S/C19H19F3N2O2/c20-16-10-14(13-4-2-1-3-5-13)6-7-15(16)11-23-18(26)24-9-8-17(25)19(21,22)12-24/h1-7,10,17,25H,8-9,11-12H2,(H,23,26). The Morgan fingerprint density at radius 3 is 2.58 bits per heavy atom. The molecule has 1 saturated heterocycles. The van der Waals surface area contributed by atoms with E-state index in [0.717, 1.165) is 10.5 Å². The van der Waals surface area contributed by atoms with Crippen LogP contribution < -0.4 is 5.32 Å². The zero-order valence-corrected chi connectivity index (χ0v) is 14.0. The molecule has 3 rings (SSSR count). The Labute approximate surface area is 149 Å². The highest BCUT2D eigenvalue weighted by Gasteiger charge is 2.44. The number of rotatable bonds is 3. The van der Waals surface area contributed by atoms with Crippen molar-refractivity contribution in [3.8, 4) is 11.1 Å². The Hall–Kier alpha value is -2.54. The van der Waals surface area contributed by atoms with E-state index in [1.165, 1.54) is 6.07 Å². The smallest absolute Gasteiger partial charge is 0.317 e. The maximum Gasteiger partial charge on any atom is 0.317 e. The van der Waals surface area contributed by atoms with Gasteiger partial charge in [-0.2, -0.15) is 0 Å². The number of hydrogen-bond acceptors (Lipinski definition) is 2. The van der Waals surface area contributed by atoms with Gasteiger partial charge in [-0.15, -0.1) is 0 Å². The van der Waals surface area contributed by atoms with Crippen LogP contribution in [-0.2, 0) is 6.54 Å². The summed E-state index contributed by atoms with van der Waals surface area (Å²) in [5, 5.41) is 11.7. The number of alkyl halides is 2. The average Bonchev–Trinajstić information content (AvgIpc) is 2.63. The molecular weight excluding hydrogens is 345 g/mol. The zero-order chi connectivity index (χ0) is 18.7. The van der Waals surface area contributed by atoms with Crippen LogP contribution in [0.25, 0.3) is 11.1 Å². The number of piperidine rings is 1. The molecule has 0 saturated carbocycles. The van der Waals surface area contributed by atoms with Crippen molar-refractivity contribution in [2.45, 2.75) is 25.0 Å². The second kappa shape index (κ2) is 7.37. The SMILES string of the molecule is O=C(NCc1ccc(-c2ccccc2)cc1F)N1CCC(O)C(F)(F)C1. The first-order valence-electron chi connectivity index (χ1n) is 8.29. The van der Waals surface area contributed by atoms with Gasteiger partial charge in [0.1, 0.15) is 11.9 Å². The molecule has 2 aromatic rings. The van der Waals surface area contributed by atoms with Crippen molar-refractivity contribution in [1.29, 1.82) is 0 Å². The van der Waals surface area contributed by atoms with E-state index in [9.17, 15) is 23.1 Å². The third-order valence-corrected chi connectivity index (χ3v) is 4.44. The molecule has 1 unspecified atom stereocenters. The van der Waals surface area contributed by atoms with Crippen LogP contribution in [0.5, 0.6) is 0 Å². The molecule has 0 spiro atoms. The summed E-state index contributed by atoms with van der Waals surface area (Å²) in [7, 11) is 0. The van der Waals surface area contributed by atoms with Crippen LogP contribution in [0.2, 0.25) is 0 Å². The van der Waals surface area contributed by atoms with Crippen molar-refractivity contribution >= 4 is 6.03 Å². The average molecular weight is 364 g/mol. The van der Waals surface area contributed by atoms with Crippen LogP contribution in [0.3, 0.4) is 0 Å². The first kappa shape index (κ1) is 18.3. The summed E-state index contributed by atoms with van der Waals surface area (Å²) in [5.74, 6) is -3.82. The molecule has 26 heavy (non-hydrogen) atoms. The first-order chi connectivity index (χ1) is 12.4. The Morgan fingerprint density at radius 2 is 1.92 bits per heavy atom. The van der Waals surface area contributed by atoms with Gasteiger partial charge in [0.15, 0.2) is 0 Å². The van der Waals surface area contributed by atoms with Gasteiger partial charge >= 0.3 is 6.03 Å². The molecule has 1 heterocycles. The number of likely N-dealkylation sites (tertiary alicyclic amines) is 1. The maximum atomic E-state index is 14.3. The number of amides is 2. The van der Waals surface area contributed by atoms with Crippen molar-refractivity contribution in [1.82, 2.24) is 10.2 Å². The monoisotopic (exact) mass is 364 g/mol. The van der Waals surface area contributed by atoms with Crippen LogP contribution >= 0.6 is 0 Å². The van der Waals surface area contributed by atoms with E-state index in [0.29, 0.717) is 5.56 Å². The van der Waals surface area contributed by atoms with Gasteiger partial charge in [0.05, 0.1) is 6.54 Å². The third kappa shape index (κ3) is 3.99. The number of halogens is 3. The summed E-state index contributed by atoms with van der Waals surface area (Å²) < 4.78 is 41.3. The van der Waals surface area contributed by atoms with E-state index in [4.69, 9.17) is 0 Å². The zero-order valence-electron chi connectivity index (χ0n) is 14.0. The van der Waals surface area contributed by atoms with E-state index in [1.807, 2.05) is 30.3 Å². The van der Waals surface area contributed by atoms with Gasteiger partial charge in [0.2, 0.25) is 0 Å². The molecule has 0 aromatic heterocycles. The lowest BCUT2D eigenvalue weighted by atomic mass is 10.0. The highest BCUT2D eigenvalue weighted by molar-refractivity contribution is 5.74. The van der Waals surface area contributed by atoms with Crippen LogP contribution in [0, 0.1) is 5.82 Å². The number of aliphatic hydroxyl groups excluding tert-OH is 1. The van der Waals surface area contributed by atoms with Crippen LogP contribution in [0.15, 0.2) is 48.5 Å². The normalized spacial score (nSPS) is 19.2. The van der Waals surface area contributed by atoms with E-state index >= 15 is 0 Å². The Bertz CT molecular complexity index is 784. The Balaban J connectivity index is 1.62. The van der Waals surface area contributed by atoms with Gasteiger partial charge in [-0.1, -0.05) is 42.5 Å². The molecule has 1 atom stereocenters. The molecule has 1 aliphatic heterocycles. The molecule has 7 heteroatoms. The van der Waals surface area contributed by atoms with Crippen LogP contribution in [0.4, 0.5) is 18.0 Å². The van der Waals surface area contributed by atoms with E-state index in [2.05, 4.69) is 5.32 Å². The van der Waals surface area contributed by atoms with Crippen LogP contribution in [-0.4, -0.2) is 41.2 Å². The number of carbonyl (C=O) groups is 1. The van der Waals surface area contributed by atoms with Gasteiger partial charge in [-0.25, -0.2) is 18.0 Å². The fourth-order valence-electron chi connectivity index (χ4n) is 2.89. The number of hydrogen-bond donors (Lipinski definition) is 2. The molecule has 1 fully saturated rings. The number of aliphatic hydroxyl groups is 1. The molecule has 2 N–H and O–H groups in total. The highest BCUT2D eigenvalue weighted by Crippen LogP contribution is 2.27. The van der Waals surface area contributed by atoms with Crippen LogP contribution in [0.1, 0.15) is 12.0 Å². The van der Waals surface area contributed by atoms with E-state index in [1.54, 1.807) is 12.1 Å². The molecule has 0 radical (unpaired) electrons. The summed E-state index contributed by atoms with van der Waals surface area (Å²) in [6.07, 6.45) is -1.94. The third-order valence-electron chi connectivity index (χ3n) is 4.44. The number of nitrogens with one attached hydrogen (secondary N) is 1. The van der Waals surface area contributed by atoms with Gasteiger partial charge in [-0.05, 0) is 23.6 Å². The predicted octanol–water partition coefficient (Wildman–Crippen LogP) is 3.40. The number of nitrogens with zero attached hydrogens (tertiary/aromatic N) is 1. The van der Waals surface area contributed by atoms with Crippen molar-refractivity contribution in [2.24, 2.45) is 0 Å². The number of carbonyl (C=O) groups excluding carboxylic acids is 1. The molecule has 1 aliphatic rings. The minimum absolute atomic E-state index is 0.0258. The largest absolute Gasteiger partial charge is 0.387 e. The minimum Gasteiger partial charge on any atom is -0.387 e. The van der Waals surface area contributed by atoms with Gasteiger partial charge in [0.25, 0.3) is 5.92 Å². The van der Waals surface area contributed by atoms with Gasteiger partial charge in [0, 0.05) is 18.7 Å². The van der Waals surface area contributed by atoms with Gasteiger partial charge in [-0.3, -0.25) is 0 Å². The molecule has 2 amide bonds. The minimum atomic E-state index is -3.34. The van der Waals surface area contributed by atoms with Crippen molar-refractivity contribution in [2.75, 3.05) is 13.1 Å². The summed E-state index contributed by atoms with van der Waals surface area (Å²) in [6, 6.07) is 13.3. The summed E-state index contributed by atoms with van der Waals surface area (Å²) in [6.45, 7) is -0.933. The summed E-state index contributed by atoms with van der Waals surface area (Å²) >= 11 is 0. The second-order valence-corrected chi connectivity index (χ2v) is 6.32. The topological polar surface area (TPSA) is 52.6 Å². The predicted molar refractivity (Wildman–Crippen MR) is 91.2 cm³/mol. The maximum absolute atomic E-state index is 14.3. The molecule has 4 nitrogen and oxygen atoms in total. The van der Waals surface area contributed by atoms with Crippen molar-refractivity contribution in [3.63, 3.8) is 0 Å². The molecule has 0 bridgehead atoms. The second-order valence-electron chi connectivity index (χ2n) is 6.32. The van der Waals surface area contributed by atoms with E-state index in [-0.39, 0.29) is 25.1 Å². The summed E-state index contributed by atoms with van der Waals surface area (Å²) in [4.78, 5) is 13.0. The summed E-state index contributed by atoms with van der Waals surface area (Å²) in [5.41, 5.74) is 1.85. The lowest BCUT2D eigenvalue weighted by molar-refractivity contribution is -0.141. The molecule has 0 aliphatic carbocycles. The highest BCUT2D eigenvalue weighted by atomic mass is 19.3. The van der Waals surface area contributed by atoms with E-state index < -0.39 is 30.4 Å². The Kier molecular flexibility index (Phi) is 5.18. The first-order valence-corrected chi connectivity index (χ1v) is 8.29. The van der Waals surface area contributed by atoms with Crippen molar-refractivity contribution in [3.05, 3.63) is 59.9 Å². The molecular formula is C19H19F3N2O2.